The average Bonchev–Trinajstić information content (AvgIpc) is 3.41. The molecule has 2 aromatic carbocycles. The van der Waals surface area contributed by atoms with Gasteiger partial charge in [-0.15, -0.1) is 0 Å². The molecule has 0 fully saturated rings. The van der Waals surface area contributed by atoms with E-state index in [0.717, 1.165) is 23.9 Å². The maximum absolute atomic E-state index is 13.7. The van der Waals surface area contributed by atoms with Crippen molar-refractivity contribution in [3.8, 4) is 16.9 Å². The first-order valence-electron chi connectivity index (χ1n) is 9.46. The fourth-order valence-electron chi connectivity index (χ4n) is 3.22. The van der Waals surface area contributed by atoms with Gasteiger partial charge in [-0.1, -0.05) is 6.07 Å². The van der Waals surface area contributed by atoms with E-state index in [2.05, 4.69) is 25.8 Å². The van der Waals surface area contributed by atoms with Gasteiger partial charge in [0.2, 0.25) is 0 Å². The van der Waals surface area contributed by atoms with E-state index >= 15 is 0 Å². The number of aryl methyl sites for hydroxylation is 1. The van der Waals surface area contributed by atoms with Gasteiger partial charge in [0, 0.05) is 36.4 Å². The van der Waals surface area contributed by atoms with E-state index in [9.17, 15) is 9.18 Å². The quantitative estimate of drug-likeness (QED) is 0.405. The zero-order chi connectivity index (χ0) is 20.9. The lowest BCUT2D eigenvalue weighted by molar-refractivity contribution is 0.251. The number of hydrogen-bond donors (Lipinski definition) is 3. The normalized spacial score (nSPS) is 10.9. The predicted molar refractivity (Wildman–Crippen MR) is 112 cm³/mol. The van der Waals surface area contributed by atoms with Crippen molar-refractivity contribution in [2.24, 2.45) is 0 Å². The molecule has 2 heterocycles. The van der Waals surface area contributed by atoms with E-state index in [4.69, 9.17) is 4.74 Å². The lowest BCUT2D eigenvalue weighted by Gasteiger charge is -2.09. The summed E-state index contributed by atoms with van der Waals surface area (Å²) in [4.78, 5) is 16.2. The molecule has 4 aromatic rings. The molecule has 2 aromatic heterocycles. The molecule has 0 atom stereocenters. The van der Waals surface area contributed by atoms with Crippen LogP contribution in [0.2, 0.25) is 0 Å². The van der Waals surface area contributed by atoms with E-state index in [-0.39, 0.29) is 11.8 Å². The van der Waals surface area contributed by atoms with Gasteiger partial charge in [-0.2, -0.15) is 5.10 Å². The standard InChI is InChI=1S/C21H21FN6O2/c1-30-19-6-4-15(22)12-17(19)14-3-5-16-18(11-14)26-27-20(16)25-21(29)24-7-2-9-28-10-8-23-13-28/h3-6,8,10-13H,2,7,9H2,1H3,(H3,24,25,26,27,29). The lowest BCUT2D eigenvalue weighted by atomic mass is 10.0. The Hall–Kier alpha value is -3.88. The molecule has 8 nitrogen and oxygen atoms in total. The number of halogens is 1. The van der Waals surface area contributed by atoms with Crippen molar-refractivity contribution in [1.29, 1.82) is 0 Å². The third kappa shape index (κ3) is 4.24. The molecule has 0 aliphatic rings. The van der Waals surface area contributed by atoms with Crippen LogP contribution >= 0.6 is 0 Å². The minimum Gasteiger partial charge on any atom is -0.496 e. The van der Waals surface area contributed by atoms with Crippen LogP contribution in [0, 0.1) is 5.82 Å². The Labute approximate surface area is 172 Å². The molecular formula is C21H21FN6O2. The number of amides is 2. The van der Waals surface area contributed by atoms with E-state index in [1.54, 1.807) is 25.7 Å². The highest BCUT2D eigenvalue weighted by Crippen LogP contribution is 2.33. The van der Waals surface area contributed by atoms with E-state index in [0.29, 0.717) is 29.2 Å². The number of urea groups is 1. The molecule has 154 valence electrons. The average molecular weight is 408 g/mol. The number of hydrogen-bond acceptors (Lipinski definition) is 4. The summed E-state index contributed by atoms with van der Waals surface area (Å²) in [5, 5.41) is 13.4. The second kappa shape index (κ2) is 8.64. The highest BCUT2D eigenvalue weighted by atomic mass is 19.1. The van der Waals surface area contributed by atoms with Gasteiger partial charge >= 0.3 is 6.03 Å². The maximum Gasteiger partial charge on any atom is 0.320 e. The largest absolute Gasteiger partial charge is 0.496 e. The lowest BCUT2D eigenvalue weighted by Crippen LogP contribution is -2.30. The second-order valence-corrected chi connectivity index (χ2v) is 6.71. The van der Waals surface area contributed by atoms with Crippen LogP contribution < -0.4 is 15.4 Å². The van der Waals surface area contributed by atoms with Crippen LogP contribution in [0.15, 0.2) is 55.1 Å². The van der Waals surface area contributed by atoms with Crippen LogP contribution in [-0.4, -0.2) is 39.4 Å². The SMILES string of the molecule is COc1ccc(F)cc1-c1ccc2c(NC(=O)NCCCn3ccnc3)n[nH]c2c1. The summed E-state index contributed by atoms with van der Waals surface area (Å²) < 4.78 is 21.0. The van der Waals surface area contributed by atoms with Crippen molar-refractivity contribution in [3.05, 3.63) is 60.9 Å². The molecule has 9 heteroatoms. The Balaban J connectivity index is 1.42. The third-order valence-corrected chi connectivity index (χ3v) is 4.71. The summed E-state index contributed by atoms with van der Waals surface area (Å²) in [6.07, 6.45) is 6.12. The summed E-state index contributed by atoms with van der Waals surface area (Å²) in [5.41, 5.74) is 2.13. The number of rotatable bonds is 7. The minimum atomic E-state index is -0.345. The number of fused-ring (bicyclic) bond motifs is 1. The highest BCUT2D eigenvalue weighted by Gasteiger charge is 2.12. The van der Waals surface area contributed by atoms with E-state index < -0.39 is 0 Å². The van der Waals surface area contributed by atoms with Crippen molar-refractivity contribution >= 4 is 22.8 Å². The number of imidazole rings is 1. The smallest absolute Gasteiger partial charge is 0.320 e. The minimum absolute atomic E-state index is 0.329. The Kier molecular flexibility index (Phi) is 5.60. The van der Waals surface area contributed by atoms with Gasteiger partial charge in [-0.3, -0.25) is 10.4 Å². The summed E-state index contributed by atoms with van der Waals surface area (Å²) in [6, 6.07) is 9.54. The molecule has 0 bridgehead atoms. The first kappa shape index (κ1) is 19.4. The van der Waals surface area contributed by atoms with Crippen LogP contribution in [-0.2, 0) is 6.54 Å². The van der Waals surface area contributed by atoms with Crippen molar-refractivity contribution < 1.29 is 13.9 Å². The summed E-state index contributed by atoms with van der Waals surface area (Å²) in [6.45, 7) is 1.30. The zero-order valence-corrected chi connectivity index (χ0v) is 16.4. The van der Waals surface area contributed by atoms with Gasteiger partial charge in [0.1, 0.15) is 11.6 Å². The number of methoxy groups -OCH3 is 1. The van der Waals surface area contributed by atoms with Gasteiger partial charge in [-0.25, -0.2) is 14.2 Å². The van der Waals surface area contributed by atoms with E-state index in [1.165, 1.54) is 12.1 Å². The number of nitrogens with zero attached hydrogens (tertiary/aromatic N) is 3. The molecule has 2 amide bonds. The molecule has 30 heavy (non-hydrogen) atoms. The topological polar surface area (TPSA) is 96.9 Å². The Morgan fingerprint density at radius 1 is 1.27 bits per heavy atom. The molecular weight excluding hydrogens is 387 g/mol. The summed E-state index contributed by atoms with van der Waals surface area (Å²) in [7, 11) is 1.54. The van der Waals surface area contributed by atoms with Crippen LogP contribution in [0.3, 0.4) is 0 Å². The monoisotopic (exact) mass is 408 g/mol. The number of aromatic nitrogens is 4. The van der Waals surface area contributed by atoms with Crippen LogP contribution in [0.4, 0.5) is 15.0 Å². The van der Waals surface area contributed by atoms with Crippen LogP contribution in [0.1, 0.15) is 6.42 Å². The van der Waals surface area contributed by atoms with Gasteiger partial charge in [0.15, 0.2) is 5.82 Å². The van der Waals surface area contributed by atoms with Crippen molar-refractivity contribution in [2.45, 2.75) is 13.0 Å². The summed E-state index contributed by atoms with van der Waals surface area (Å²) in [5.74, 6) is 0.654. The number of anilines is 1. The highest BCUT2D eigenvalue weighted by molar-refractivity contribution is 6.00. The molecule has 0 radical (unpaired) electrons. The molecule has 0 aliphatic carbocycles. The molecule has 0 spiro atoms. The number of H-pyrrole nitrogens is 1. The third-order valence-electron chi connectivity index (χ3n) is 4.71. The van der Waals surface area contributed by atoms with Gasteiger partial charge in [-0.05, 0) is 42.3 Å². The predicted octanol–water partition coefficient (Wildman–Crippen LogP) is 3.79. The number of ether oxygens (including phenoxy) is 1. The molecule has 0 aliphatic heterocycles. The van der Waals surface area contributed by atoms with Crippen LogP contribution in [0.25, 0.3) is 22.0 Å². The van der Waals surface area contributed by atoms with Gasteiger partial charge in [0.05, 0.1) is 19.0 Å². The zero-order valence-electron chi connectivity index (χ0n) is 16.4. The molecule has 4 rings (SSSR count). The number of aromatic amines is 1. The van der Waals surface area contributed by atoms with Crippen molar-refractivity contribution in [3.63, 3.8) is 0 Å². The molecule has 0 saturated heterocycles. The first-order chi connectivity index (χ1) is 14.6. The summed E-state index contributed by atoms with van der Waals surface area (Å²) >= 11 is 0. The first-order valence-corrected chi connectivity index (χ1v) is 9.46. The Bertz CT molecular complexity index is 1160. The van der Waals surface area contributed by atoms with Crippen molar-refractivity contribution in [1.82, 2.24) is 25.1 Å². The van der Waals surface area contributed by atoms with Crippen molar-refractivity contribution in [2.75, 3.05) is 19.0 Å². The number of carbonyl (C=O) groups excluding carboxylic acids is 1. The Morgan fingerprint density at radius 2 is 2.17 bits per heavy atom. The number of carbonyl (C=O) groups is 1. The molecule has 3 N–H and O–H groups in total. The second-order valence-electron chi connectivity index (χ2n) is 6.71. The van der Waals surface area contributed by atoms with Gasteiger partial charge in [0.25, 0.3) is 0 Å². The Morgan fingerprint density at radius 3 is 2.97 bits per heavy atom. The number of benzene rings is 2. The van der Waals surface area contributed by atoms with Gasteiger partial charge < -0.3 is 14.6 Å². The molecule has 0 unspecified atom stereocenters. The fourth-order valence-corrected chi connectivity index (χ4v) is 3.22. The fraction of sp³-hybridized carbons (Fsp3) is 0.190. The van der Waals surface area contributed by atoms with Crippen LogP contribution in [0.5, 0.6) is 5.75 Å². The maximum atomic E-state index is 13.7. The number of nitrogens with one attached hydrogen (secondary N) is 3. The molecule has 0 saturated carbocycles. The van der Waals surface area contributed by atoms with E-state index in [1.807, 2.05) is 29.0 Å².